The Balaban J connectivity index is 2.01. The van der Waals surface area contributed by atoms with Crippen molar-refractivity contribution in [2.24, 2.45) is 0 Å². The highest BCUT2D eigenvalue weighted by Gasteiger charge is 2.06. The Kier molecular flexibility index (Phi) is 4.42. The van der Waals surface area contributed by atoms with Gasteiger partial charge >= 0.3 is 0 Å². The van der Waals surface area contributed by atoms with Crippen molar-refractivity contribution >= 4 is 37.9 Å². The highest BCUT2D eigenvalue weighted by atomic mass is 79.9. The van der Waals surface area contributed by atoms with E-state index in [0.29, 0.717) is 0 Å². The van der Waals surface area contributed by atoms with Gasteiger partial charge in [-0.3, -0.25) is 0 Å². The van der Waals surface area contributed by atoms with Gasteiger partial charge in [0.15, 0.2) is 0 Å². The van der Waals surface area contributed by atoms with E-state index in [1.807, 2.05) is 0 Å². The normalized spacial score (nSPS) is 13.7. The maximum absolute atomic E-state index is 3.48. The molecule has 2 aromatic carbocycles. The Bertz CT molecular complexity index is 635. The van der Waals surface area contributed by atoms with Crippen molar-refractivity contribution in [2.45, 2.75) is 25.7 Å². The Morgan fingerprint density at radius 2 is 1.30 bits per heavy atom. The molecular formula is C18H16Br2. The average molecular weight is 392 g/mol. The molecule has 102 valence electrons. The molecule has 2 heteroatoms. The van der Waals surface area contributed by atoms with Crippen LogP contribution in [-0.2, 0) is 25.7 Å². The maximum Gasteiger partial charge on any atom is 0.0610 e. The van der Waals surface area contributed by atoms with Gasteiger partial charge in [0, 0.05) is 0 Å². The molecule has 4 bridgehead atoms. The zero-order valence-corrected chi connectivity index (χ0v) is 14.4. The molecule has 0 heterocycles. The molecule has 0 amide bonds. The molecule has 0 radical (unpaired) electrons. The first-order valence-corrected chi connectivity index (χ1v) is 8.51. The van der Waals surface area contributed by atoms with E-state index in [4.69, 9.17) is 0 Å². The van der Waals surface area contributed by atoms with E-state index in [2.05, 4.69) is 80.4 Å². The van der Waals surface area contributed by atoms with Crippen LogP contribution in [0, 0.1) is 0 Å². The summed E-state index contributed by atoms with van der Waals surface area (Å²) in [4.78, 5) is 0. The van der Waals surface area contributed by atoms with Crippen LogP contribution in [0.15, 0.2) is 45.9 Å². The third-order valence-corrected chi connectivity index (χ3v) is 4.34. The average Bonchev–Trinajstić information content (AvgIpc) is 2.42. The van der Waals surface area contributed by atoms with Crippen LogP contribution < -0.4 is 0 Å². The Morgan fingerprint density at radius 3 is 1.95 bits per heavy atom. The van der Waals surface area contributed by atoms with Gasteiger partial charge in [-0.05, 0) is 91.4 Å². The summed E-state index contributed by atoms with van der Waals surface area (Å²) in [7, 11) is 0. The SMILES string of the molecule is BrC(Br)=Cc1cc2ccc1CCc1ccc(cc1)CC2. The number of hydrogen-bond donors (Lipinski definition) is 0. The highest BCUT2D eigenvalue weighted by molar-refractivity contribution is 9.28. The molecule has 6 rings (SSSR count). The van der Waals surface area contributed by atoms with Gasteiger partial charge in [-0.15, -0.1) is 0 Å². The molecule has 0 nitrogen and oxygen atoms in total. The van der Waals surface area contributed by atoms with E-state index in [1.165, 1.54) is 27.8 Å². The molecule has 0 spiro atoms. The fourth-order valence-corrected chi connectivity index (χ4v) is 3.21. The van der Waals surface area contributed by atoms with Gasteiger partial charge in [0.2, 0.25) is 0 Å². The number of halogens is 2. The molecule has 0 fully saturated rings. The third kappa shape index (κ3) is 3.42. The van der Waals surface area contributed by atoms with E-state index >= 15 is 0 Å². The number of hydrogen-bond acceptors (Lipinski definition) is 0. The lowest BCUT2D eigenvalue weighted by atomic mass is 9.93. The first-order valence-electron chi connectivity index (χ1n) is 6.93. The molecule has 0 aliphatic heterocycles. The molecule has 0 atom stereocenters. The fraction of sp³-hybridized carbons (Fsp3) is 0.222. The van der Waals surface area contributed by atoms with Gasteiger partial charge in [0.05, 0.1) is 3.39 Å². The highest BCUT2D eigenvalue weighted by Crippen LogP contribution is 2.24. The van der Waals surface area contributed by atoms with Crippen molar-refractivity contribution in [1.29, 1.82) is 0 Å². The van der Waals surface area contributed by atoms with Crippen LogP contribution in [0.3, 0.4) is 0 Å². The monoisotopic (exact) mass is 390 g/mol. The van der Waals surface area contributed by atoms with Gasteiger partial charge in [-0.1, -0.05) is 42.5 Å². The largest absolute Gasteiger partial charge is 0.0610 e. The molecule has 0 saturated heterocycles. The van der Waals surface area contributed by atoms with Gasteiger partial charge in [-0.25, -0.2) is 0 Å². The zero-order chi connectivity index (χ0) is 13.9. The first-order chi connectivity index (χ1) is 9.70. The topological polar surface area (TPSA) is 0 Å². The van der Waals surface area contributed by atoms with E-state index in [0.717, 1.165) is 29.1 Å². The zero-order valence-electron chi connectivity index (χ0n) is 11.2. The van der Waals surface area contributed by atoms with E-state index in [-0.39, 0.29) is 0 Å². The quantitative estimate of drug-likeness (QED) is 0.588. The summed E-state index contributed by atoms with van der Waals surface area (Å²) in [6.07, 6.45) is 6.55. The first kappa shape index (κ1) is 14.1. The van der Waals surface area contributed by atoms with Crippen LogP contribution in [0.2, 0.25) is 0 Å². The minimum absolute atomic E-state index is 0.999. The predicted molar refractivity (Wildman–Crippen MR) is 93.5 cm³/mol. The van der Waals surface area contributed by atoms with Crippen molar-refractivity contribution < 1.29 is 0 Å². The Labute approximate surface area is 137 Å². The van der Waals surface area contributed by atoms with Crippen LogP contribution in [0.25, 0.3) is 6.08 Å². The van der Waals surface area contributed by atoms with Gasteiger partial charge < -0.3 is 0 Å². The van der Waals surface area contributed by atoms with Crippen LogP contribution in [0.4, 0.5) is 0 Å². The molecule has 0 saturated carbocycles. The second-order valence-electron chi connectivity index (χ2n) is 5.28. The molecule has 0 aromatic heterocycles. The third-order valence-electron chi connectivity index (χ3n) is 3.88. The summed E-state index contributed by atoms with van der Waals surface area (Å²) in [6, 6.07) is 16.0. The Hall–Kier alpha value is -0.860. The summed E-state index contributed by atoms with van der Waals surface area (Å²) >= 11 is 6.96. The molecule has 0 N–H and O–H groups in total. The van der Waals surface area contributed by atoms with E-state index < -0.39 is 0 Å². The summed E-state index contributed by atoms with van der Waals surface area (Å²) in [6.45, 7) is 0. The standard InChI is InChI=1S/C18H16Br2/c19-18(20)12-17-11-15-6-5-13-1-3-14(4-2-13)7-9-16(17)10-8-15/h1-4,8,10-12H,5-7,9H2. The minimum Gasteiger partial charge on any atom is -0.0588 e. The molecule has 0 unspecified atom stereocenters. The van der Waals surface area contributed by atoms with Crippen LogP contribution in [0.1, 0.15) is 27.8 Å². The lowest BCUT2D eigenvalue weighted by Crippen LogP contribution is -2.00. The molecular weight excluding hydrogens is 376 g/mol. The summed E-state index contributed by atoms with van der Waals surface area (Å²) < 4.78 is 0.999. The summed E-state index contributed by atoms with van der Waals surface area (Å²) in [5.74, 6) is 0. The smallest absolute Gasteiger partial charge is 0.0588 e. The van der Waals surface area contributed by atoms with Crippen LogP contribution in [0.5, 0.6) is 0 Å². The summed E-state index contributed by atoms with van der Waals surface area (Å²) in [5, 5.41) is 0. The van der Waals surface area contributed by atoms with Crippen molar-refractivity contribution in [2.75, 3.05) is 0 Å². The lowest BCUT2D eigenvalue weighted by Gasteiger charge is -2.12. The van der Waals surface area contributed by atoms with Crippen molar-refractivity contribution in [3.05, 3.63) is 73.7 Å². The number of rotatable bonds is 1. The van der Waals surface area contributed by atoms with Crippen molar-refractivity contribution in [3.63, 3.8) is 0 Å². The molecule has 2 aromatic rings. The van der Waals surface area contributed by atoms with Gasteiger partial charge in [0.25, 0.3) is 0 Å². The fourth-order valence-electron chi connectivity index (χ4n) is 2.72. The van der Waals surface area contributed by atoms with E-state index in [9.17, 15) is 0 Å². The Morgan fingerprint density at radius 1 is 0.750 bits per heavy atom. The lowest BCUT2D eigenvalue weighted by molar-refractivity contribution is 0.919. The van der Waals surface area contributed by atoms with E-state index in [1.54, 1.807) is 0 Å². The molecule has 4 aliphatic rings. The van der Waals surface area contributed by atoms with Crippen LogP contribution in [-0.4, -0.2) is 0 Å². The molecule has 20 heavy (non-hydrogen) atoms. The minimum atomic E-state index is 0.999. The van der Waals surface area contributed by atoms with Crippen molar-refractivity contribution in [3.8, 4) is 0 Å². The maximum atomic E-state index is 3.48. The molecule has 4 aliphatic carbocycles. The number of aryl methyl sites for hydroxylation is 4. The number of benzene rings is 2. The van der Waals surface area contributed by atoms with Crippen LogP contribution >= 0.6 is 31.9 Å². The van der Waals surface area contributed by atoms with Gasteiger partial charge in [-0.2, -0.15) is 0 Å². The summed E-state index contributed by atoms with van der Waals surface area (Å²) in [5.41, 5.74) is 6.99. The predicted octanol–water partition coefficient (Wildman–Crippen LogP) is 5.66. The second-order valence-corrected chi connectivity index (χ2v) is 8.06. The second kappa shape index (κ2) is 6.28. The van der Waals surface area contributed by atoms with Gasteiger partial charge in [0.1, 0.15) is 0 Å². The van der Waals surface area contributed by atoms with Crippen molar-refractivity contribution in [1.82, 2.24) is 0 Å².